The lowest BCUT2D eigenvalue weighted by atomic mass is 10.1. The molecule has 0 aliphatic carbocycles. The Morgan fingerprint density at radius 2 is 2.31 bits per heavy atom. The fourth-order valence-electron chi connectivity index (χ4n) is 1.61. The second-order valence-corrected chi connectivity index (χ2v) is 4.86. The van der Waals surface area contributed by atoms with Crippen LogP contribution in [0.15, 0.2) is 17.5 Å². The summed E-state index contributed by atoms with van der Waals surface area (Å²) in [4.78, 5) is 15.0. The maximum Gasteiger partial charge on any atom is 0.239 e. The molecule has 90 valence electrons. The van der Waals surface area contributed by atoms with Crippen LogP contribution >= 0.6 is 11.3 Å². The number of hydrogen-bond acceptors (Lipinski definition) is 3. The highest BCUT2D eigenvalue weighted by Crippen LogP contribution is 2.12. The minimum absolute atomic E-state index is 0.0674. The smallest absolute Gasteiger partial charge is 0.239 e. The fourth-order valence-corrected chi connectivity index (χ4v) is 2.32. The quantitative estimate of drug-likeness (QED) is 0.828. The van der Waals surface area contributed by atoms with E-state index in [0.717, 1.165) is 12.8 Å². The number of carbonyl (C=O) groups excluding carboxylic acids is 1. The number of nitrogens with two attached hydrogens (primary N) is 1. The van der Waals surface area contributed by atoms with Crippen molar-refractivity contribution >= 4 is 17.2 Å². The van der Waals surface area contributed by atoms with Crippen molar-refractivity contribution in [2.45, 2.75) is 39.3 Å². The van der Waals surface area contributed by atoms with Crippen LogP contribution in [0.3, 0.4) is 0 Å². The molecule has 0 bridgehead atoms. The molecule has 0 fully saturated rings. The van der Waals surface area contributed by atoms with Crippen molar-refractivity contribution in [3.8, 4) is 0 Å². The van der Waals surface area contributed by atoms with E-state index >= 15 is 0 Å². The first-order chi connectivity index (χ1) is 7.69. The second-order valence-electron chi connectivity index (χ2n) is 3.83. The van der Waals surface area contributed by atoms with Crippen molar-refractivity contribution in [2.24, 2.45) is 5.73 Å². The summed E-state index contributed by atoms with van der Waals surface area (Å²) in [5.74, 6) is 0.0674. The molecule has 0 aliphatic heterocycles. The average Bonchev–Trinajstić information content (AvgIpc) is 2.78. The van der Waals surface area contributed by atoms with Crippen LogP contribution in [0.25, 0.3) is 0 Å². The molecule has 1 amide bonds. The summed E-state index contributed by atoms with van der Waals surface area (Å²) in [5, 5.41) is 2.03. The van der Waals surface area contributed by atoms with Gasteiger partial charge in [-0.25, -0.2) is 0 Å². The first-order valence-electron chi connectivity index (χ1n) is 5.75. The van der Waals surface area contributed by atoms with Crippen LogP contribution in [0.1, 0.15) is 31.6 Å². The monoisotopic (exact) mass is 240 g/mol. The van der Waals surface area contributed by atoms with Crippen LogP contribution < -0.4 is 5.73 Å². The fraction of sp³-hybridized carbons (Fsp3) is 0.583. The van der Waals surface area contributed by atoms with Crippen molar-refractivity contribution in [1.82, 2.24) is 4.90 Å². The molecule has 16 heavy (non-hydrogen) atoms. The molecule has 1 heterocycles. The SMILES string of the molecule is CCCC(N)C(=O)N(CC)Cc1cccs1. The van der Waals surface area contributed by atoms with Gasteiger partial charge in [0, 0.05) is 11.4 Å². The molecule has 1 atom stereocenters. The lowest BCUT2D eigenvalue weighted by Gasteiger charge is -2.23. The Labute approximate surface area is 101 Å². The molecular formula is C12H20N2OS. The number of carbonyl (C=O) groups is 1. The van der Waals surface area contributed by atoms with E-state index in [9.17, 15) is 4.79 Å². The summed E-state index contributed by atoms with van der Waals surface area (Å²) in [7, 11) is 0. The van der Waals surface area contributed by atoms with E-state index in [1.807, 2.05) is 36.3 Å². The number of likely N-dealkylation sites (N-methyl/N-ethyl adjacent to an activating group) is 1. The normalized spacial score (nSPS) is 12.4. The van der Waals surface area contributed by atoms with E-state index in [0.29, 0.717) is 13.1 Å². The third-order valence-electron chi connectivity index (χ3n) is 2.54. The largest absolute Gasteiger partial charge is 0.336 e. The zero-order valence-electron chi connectivity index (χ0n) is 9.98. The zero-order chi connectivity index (χ0) is 12.0. The first-order valence-corrected chi connectivity index (χ1v) is 6.63. The third kappa shape index (κ3) is 3.61. The number of rotatable bonds is 6. The Bertz CT molecular complexity index is 311. The number of hydrogen-bond donors (Lipinski definition) is 1. The van der Waals surface area contributed by atoms with Gasteiger partial charge in [-0.2, -0.15) is 0 Å². The van der Waals surface area contributed by atoms with Crippen LogP contribution in [0.5, 0.6) is 0 Å². The molecule has 1 rings (SSSR count). The maximum atomic E-state index is 12.0. The van der Waals surface area contributed by atoms with Crippen molar-refractivity contribution in [3.05, 3.63) is 22.4 Å². The van der Waals surface area contributed by atoms with Crippen LogP contribution in [0.2, 0.25) is 0 Å². The molecule has 0 spiro atoms. The topological polar surface area (TPSA) is 46.3 Å². The summed E-state index contributed by atoms with van der Waals surface area (Å²) in [5.41, 5.74) is 5.85. The van der Waals surface area contributed by atoms with Gasteiger partial charge in [-0.05, 0) is 24.8 Å². The number of amides is 1. The average molecular weight is 240 g/mol. The molecule has 0 aliphatic rings. The Hall–Kier alpha value is -0.870. The third-order valence-corrected chi connectivity index (χ3v) is 3.40. The van der Waals surface area contributed by atoms with Crippen LogP contribution in [-0.4, -0.2) is 23.4 Å². The molecule has 4 heteroatoms. The molecule has 0 saturated carbocycles. The van der Waals surface area contributed by atoms with Gasteiger partial charge >= 0.3 is 0 Å². The molecule has 3 nitrogen and oxygen atoms in total. The van der Waals surface area contributed by atoms with Crippen LogP contribution in [0, 0.1) is 0 Å². The van der Waals surface area contributed by atoms with Gasteiger partial charge in [0.25, 0.3) is 0 Å². The van der Waals surface area contributed by atoms with Gasteiger partial charge in [-0.1, -0.05) is 19.4 Å². The summed E-state index contributed by atoms with van der Waals surface area (Å²) < 4.78 is 0. The van der Waals surface area contributed by atoms with E-state index in [-0.39, 0.29) is 11.9 Å². The van der Waals surface area contributed by atoms with Gasteiger partial charge in [0.15, 0.2) is 0 Å². The molecule has 1 aromatic heterocycles. The standard InChI is InChI=1S/C12H20N2OS/c1-3-6-11(13)12(15)14(4-2)9-10-7-5-8-16-10/h5,7-8,11H,3-4,6,9,13H2,1-2H3. The molecular weight excluding hydrogens is 220 g/mol. The first kappa shape index (κ1) is 13.2. The molecule has 0 aromatic carbocycles. The lowest BCUT2D eigenvalue weighted by molar-refractivity contribution is -0.133. The summed E-state index contributed by atoms with van der Waals surface area (Å²) in [6.07, 6.45) is 1.71. The lowest BCUT2D eigenvalue weighted by Crippen LogP contribution is -2.43. The summed E-state index contributed by atoms with van der Waals surface area (Å²) in [6, 6.07) is 3.71. The Kier molecular flexibility index (Phi) is 5.49. The molecule has 2 N–H and O–H groups in total. The summed E-state index contributed by atoms with van der Waals surface area (Å²) >= 11 is 1.67. The number of thiophene rings is 1. The Balaban J connectivity index is 2.56. The van der Waals surface area contributed by atoms with E-state index in [2.05, 4.69) is 0 Å². The number of nitrogens with zero attached hydrogens (tertiary/aromatic N) is 1. The van der Waals surface area contributed by atoms with Gasteiger partial charge in [0.1, 0.15) is 0 Å². The Morgan fingerprint density at radius 1 is 1.56 bits per heavy atom. The van der Waals surface area contributed by atoms with Crippen molar-refractivity contribution in [3.63, 3.8) is 0 Å². The highest BCUT2D eigenvalue weighted by Gasteiger charge is 2.19. The predicted molar refractivity (Wildman–Crippen MR) is 68.3 cm³/mol. The molecule has 1 unspecified atom stereocenters. The van der Waals surface area contributed by atoms with Crippen LogP contribution in [-0.2, 0) is 11.3 Å². The van der Waals surface area contributed by atoms with Crippen molar-refractivity contribution in [2.75, 3.05) is 6.54 Å². The van der Waals surface area contributed by atoms with E-state index in [1.165, 1.54) is 4.88 Å². The van der Waals surface area contributed by atoms with E-state index < -0.39 is 0 Å². The minimum atomic E-state index is -0.343. The van der Waals surface area contributed by atoms with Gasteiger partial charge in [-0.3, -0.25) is 4.79 Å². The van der Waals surface area contributed by atoms with Crippen molar-refractivity contribution in [1.29, 1.82) is 0 Å². The predicted octanol–water partition coefficient (Wildman–Crippen LogP) is 2.22. The van der Waals surface area contributed by atoms with Gasteiger partial charge in [0.2, 0.25) is 5.91 Å². The minimum Gasteiger partial charge on any atom is -0.336 e. The molecule has 1 aromatic rings. The maximum absolute atomic E-state index is 12.0. The van der Waals surface area contributed by atoms with Gasteiger partial charge in [-0.15, -0.1) is 11.3 Å². The Morgan fingerprint density at radius 3 is 2.81 bits per heavy atom. The van der Waals surface area contributed by atoms with Crippen LogP contribution in [0.4, 0.5) is 0 Å². The van der Waals surface area contributed by atoms with Crippen molar-refractivity contribution < 1.29 is 4.79 Å². The molecule has 0 radical (unpaired) electrons. The highest BCUT2D eigenvalue weighted by molar-refractivity contribution is 7.09. The van der Waals surface area contributed by atoms with Gasteiger partial charge in [0.05, 0.1) is 12.6 Å². The van der Waals surface area contributed by atoms with E-state index in [4.69, 9.17) is 5.73 Å². The van der Waals surface area contributed by atoms with E-state index in [1.54, 1.807) is 11.3 Å². The highest BCUT2D eigenvalue weighted by atomic mass is 32.1. The zero-order valence-corrected chi connectivity index (χ0v) is 10.8. The second kappa shape index (κ2) is 6.66. The summed E-state index contributed by atoms with van der Waals surface area (Å²) in [6.45, 7) is 5.44. The van der Waals surface area contributed by atoms with Gasteiger partial charge < -0.3 is 10.6 Å². The molecule has 0 saturated heterocycles.